The zero-order valence-electron chi connectivity index (χ0n) is 18.7. The lowest BCUT2D eigenvalue weighted by atomic mass is 9.70. The molecule has 2 aromatic heterocycles. The highest BCUT2D eigenvalue weighted by molar-refractivity contribution is 6.31. The SMILES string of the molecule is COc1nc2ccc(Cl)cc2cc1C(c1ccc(Cl)cc1)C1(O)CCNC(c2cccnc2)C1. The number of aromatic nitrogens is 2. The zero-order valence-corrected chi connectivity index (χ0v) is 20.2. The van der Waals surface area contributed by atoms with Crippen molar-refractivity contribution in [2.45, 2.75) is 30.4 Å². The van der Waals surface area contributed by atoms with Crippen LogP contribution in [0, 0.1) is 0 Å². The summed E-state index contributed by atoms with van der Waals surface area (Å²) in [4.78, 5) is 9.03. The number of fused-ring (bicyclic) bond motifs is 1. The van der Waals surface area contributed by atoms with Crippen LogP contribution >= 0.6 is 23.2 Å². The molecule has 3 unspecified atom stereocenters. The van der Waals surface area contributed by atoms with E-state index >= 15 is 0 Å². The Balaban J connectivity index is 1.67. The highest BCUT2D eigenvalue weighted by Gasteiger charge is 2.44. The van der Waals surface area contributed by atoms with Crippen LogP contribution in [0.15, 0.2) is 73.1 Å². The predicted molar refractivity (Wildman–Crippen MR) is 136 cm³/mol. The average Bonchev–Trinajstić information content (AvgIpc) is 2.85. The smallest absolute Gasteiger partial charge is 0.217 e. The van der Waals surface area contributed by atoms with Gasteiger partial charge >= 0.3 is 0 Å². The van der Waals surface area contributed by atoms with Gasteiger partial charge in [-0.1, -0.05) is 41.4 Å². The van der Waals surface area contributed by atoms with Gasteiger partial charge in [-0.25, -0.2) is 4.98 Å². The van der Waals surface area contributed by atoms with Gasteiger partial charge in [0, 0.05) is 45.3 Å². The number of benzene rings is 2. The second-order valence-corrected chi connectivity index (χ2v) is 9.63. The Morgan fingerprint density at radius 1 is 1.09 bits per heavy atom. The number of halogens is 2. The summed E-state index contributed by atoms with van der Waals surface area (Å²) in [6, 6.07) is 19.2. The van der Waals surface area contributed by atoms with E-state index in [1.54, 1.807) is 13.3 Å². The van der Waals surface area contributed by atoms with E-state index in [-0.39, 0.29) is 6.04 Å². The Hall–Kier alpha value is -2.70. The molecule has 34 heavy (non-hydrogen) atoms. The van der Waals surface area contributed by atoms with Gasteiger partial charge in [-0.05, 0) is 73.0 Å². The van der Waals surface area contributed by atoms with Crippen LogP contribution in [-0.2, 0) is 0 Å². The predicted octanol–water partition coefficient (Wildman–Crippen LogP) is 5.93. The Morgan fingerprint density at radius 2 is 1.88 bits per heavy atom. The fourth-order valence-corrected chi connectivity index (χ4v) is 5.33. The van der Waals surface area contributed by atoms with Gasteiger partial charge < -0.3 is 15.2 Å². The Kier molecular flexibility index (Phi) is 6.45. The first-order valence-corrected chi connectivity index (χ1v) is 12.0. The first-order chi connectivity index (χ1) is 16.5. The molecule has 5 rings (SSSR count). The number of hydrogen-bond acceptors (Lipinski definition) is 5. The normalized spacial score (nSPS) is 21.4. The second-order valence-electron chi connectivity index (χ2n) is 8.76. The maximum Gasteiger partial charge on any atom is 0.217 e. The molecule has 3 heterocycles. The summed E-state index contributed by atoms with van der Waals surface area (Å²) in [7, 11) is 1.61. The van der Waals surface area contributed by atoms with Crippen LogP contribution in [-0.4, -0.2) is 34.3 Å². The maximum absolute atomic E-state index is 12.3. The number of hydrogen-bond donors (Lipinski definition) is 2. The lowest BCUT2D eigenvalue weighted by Crippen LogP contribution is -2.48. The van der Waals surface area contributed by atoms with Crippen LogP contribution in [0.3, 0.4) is 0 Å². The molecule has 174 valence electrons. The van der Waals surface area contributed by atoms with E-state index in [9.17, 15) is 5.11 Å². The first-order valence-electron chi connectivity index (χ1n) is 11.2. The minimum Gasteiger partial charge on any atom is -0.481 e. The molecule has 2 aromatic carbocycles. The van der Waals surface area contributed by atoms with Crippen LogP contribution in [0.1, 0.15) is 41.5 Å². The number of aliphatic hydroxyl groups is 1. The lowest BCUT2D eigenvalue weighted by molar-refractivity contribution is -0.0196. The molecule has 5 nitrogen and oxygen atoms in total. The number of methoxy groups -OCH3 is 1. The summed E-state index contributed by atoms with van der Waals surface area (Å²) in [6.45, 7) is 0.662. The minimum atomic E-state index is -1.07. The summed E-state index contributed by atoms with van der Waals surface area (Å²) in [6.07, 6.45) is 4.67. The van der Waals surface area contributed by atoms with E-state index < -0.39 is 11.5 Å². The molecule has 1 fully saturated rings. The molecule has 0 spiro atoms. The molecule has 0 aliphatic carbocycles. The summed E-state index contributed by atoms with van der Waals surface area (Å²) >= 11 is 12.5. The molecular weight excluding hydrogens is 469 g/mol. The van der Waals surface area contributed by atoms with Crippen LogP contribution < -0.4 is 10.1 Å². The van der Waals surface area contributed by atoms with E-state index in [2.05, 4.69) is 10.3 Å². The van der Waals surface area contributed by atoms with Crippen LogP contribution in [0.4, 0.5) is 0 Å². The molecule has 0 radical (unpaired) electrons. The van der Waals surface area contributed by atoms with Gasteiger partial charge in [-0.3, -0.25) is 4.98 Å². The van der Waals surface area contributed by atoms with Crippen LogP contribution in [0.2, 0.25) is 10.0 Å². The molecule has 1 aliphatic rings. The Morgan fingerprint density at radius 3 is 2.62 bits per heavy atom. The third kappa shape index (κ3) is 4.49. The number of piperidine rings is 1. The third-order valence-corrected chi connectivity index (χ3v) is 7.09. The van der Waals surface area contributed by atoms with E-state index in [4.69, 9.17) is 32.9 Å². The fourth-order valence-electron chi connectivity index (χ4n) is 5.02. The second kappa shape index (κ2) is 9.51. The fraction of sp³-hybridized carbons (Fsp3) is 0.259. The molecule has 1 aliphatic heterocycles. The van der Waals surface area contributed by atoms with Crippen molar-refractivity contribution in [3.05, 3.63) is 99.8 Å². The van der Waals surface area contributed by atoms with Crippen LogP contribution in [0.5, 0.6) is 5.88 Å². The summed E-state index contributed by atoms with van der Waals surface area (Å²) in [5.74, 6) is 0.0940. The maximum atomic E-state index is 12.3. The summed E-state index contributed by atoms with van der Waals surface area (Å²) in [5, 5.41) is 18.0. The quantitative estimate of drug-likeness (QED) is 0.360. The van der Waals surface area contributed by atoms with E-state index in [0.717, 1.165) is 27.6 Å². The molecule has 0 bridgehead atoms. The number of pyridine rings is 2. The van der Waals surface area contributed by atoms with Gasteiger partial charge in [0.15, 0.2) is 0 Å². The van der Waals surface area contributed by atoms with Gasteiger partial charge in [-0.2, -0.15) is 0 Å². The van der Waals surface area contributed by atoms with E-state index in [1.807, 2.05) is 66.9 Å². The zero-order chi connectivity index (χ0) is 23.7. The standard InChI is InChI=1S/C27H25Cl2N3O2/c1-34-26-22(14-19-13-21(29)8-9-23(19)32-26)25(17-4-6-20(28)7-5-17)27(33)10-12-31-24(15-27)18-3-2-11-30-16-18/h2-9,11,13-14,16,24-25,31,33H,10,12,15H2,1H3. The van der Waals surface area contributed by atoms with E-state index in [0.29, 0.717) is 35.3 Å². The largest absolute Gasteiger partial charge is 0.481 e. The molecule has 2 N–H and O–H groups in total. The molecule has 0 saturated carbocycles. The van der Waals surface area contributed by atoms with Gasteiger partial charge in [-0.15, -0.1) is 0 Å². The van der Waals surface area contributed by atoms with Gasteiger partial charge in [0.2, 0.25) is 5.88 Å². The van der Waals surface area contributed by atoms with E-state index in [1.165, 1.54) is 0 Å². The summed E-state index contributed by atoms with van der Waals surface area (Å²) < 4.78 is 5.75. The summed E-state index contributed by atoms with van der Waals surface area (Å²) in [5.41, 5.74) is 2.52. The van der Waals surface area contributed by atoms with Crippen molar-refractivity contribution in [1.82, 2.24) is 15.3 Å². The minimum absolute atomic E-state index is 0.0314. The van der Waals surface area contributed by atoms with Crippen LogP contribution in [0.25, 0.3) is 10.9 Å². The topological polar surface area (TPSA) is 67.3 Å². The van der Waals surface area contributed by atoms with Crippen molar-refractivity contribution in [3.63, 3.8) is 0 Å². The van der Waals surface area contributed by atoms with Gasteiger partial charge in [0.05, 0.1) is 18.2 Å². The van der Waals surface area contributed by atoms with Crippen molar-refractivity contribution < 1.29 is 9.84 Å². The molecule has 3 atom stereocenters. The first kappa shape index (κ1) is 23.1. The number of rotatable bonds is 5. The highest BCUT2D eigenvalue weighted by atomic mass is 35.5. The van der Waals surface area contributed by atoms with Crippen molar-refractivity contribution >= 4 is 34.1 Å². The molecule has 4 aromatic rings. The number of ether oxygens (including phenoxy) is 1. The molecular formula is C27H25Cl2N3O2. The monoisotopic (exact) mass is 493 g/mol. The van der Waals surface area contributed by atoms with Crippen molar-refractivity contribution in [2.24, 2.45) is 0 Å². The molecule has 0 amide bonds. The Labute approximate surface area is 208 Å². The average molecular weight is 494 g/mol. The van der Waals surface area contributed by atoms with Gasteiger partial charge in [0.1, 0.15) is 0 Å². The van der Waals surface area contributed by atoms with Crippen molar-refractivity contribution in [2.75, 3.05) is 13.7 Å². The molecule has 7 heteroatoms. The lowest BCUT2D eigenvalue weighted by Gasteiger charge is -2.43. The Bertz CT molecular complexity index is 1300. The highest BCUT2D eigenvalue weighted by Crippen LogP contribution is 2.47. The third-order valence-electron chi connectivity index (χ3n) is 6.61. The number of nitrogens with zero attached hydrogens (tertiary/aromatic N) is 2. The molecule has 1 saturated heterocycles. The number of nitrogens with one attached hydrogen (secondary N) is 1. The van der Waals surface area contributed by atoms with Crippen molar-refractivity contribution in [1.29, 1.82) is 0 Å². The van der Waals surface area contributed by atoms with Gasteiger partial charge in [0.25, 0.3) is 0 Å². The van der Waals surface area contributed by atoms with Crippen molar-refractivity contribution in [3.8, 4) is 5.88 Å².